The van der Waals surface area contributed by atoms with Gasteiger partial charge in [-0.05, 0) is 0 Å². The van der Waals surface area contributed by atoms with Crippen molar-refractivity contribution in [1.29, 1.82) is 0 Å². The molecule has 0 aromatic carbocycles. The molecule has 0 aromatic rings. The number of nitrogens with two attached hydrogens (primary N) is 4. The fourth-order valence-corrected chi connectivity index (χ4v) is 3.19. The Hall–Kier alpha value is -0.440. The van der Waals surface area contributed by atoms with Crippen LogP contribution in [0.15, 0.2) is 0 Å². The summed E-state index contributed by atoms with van der Waals surface area (Å²) in [7, 11) is 0. The molecule has 0 heterocycles. The molecule has 0 aliphatic rings. The zero-order chi connectivity index (χ0) is 22.8. The summed E-state index contributed by atoms with van der Waals surface area (Å²) in [5, 5.41) is 17.2. The van der Waals surface area contributed by atoms with Gasteiger partial charge in [-0.25, -0.2) is 0 Å². The minimum Gasteiger partial charge on any atom is -0.329 e. The van der Waals surface area contributed by atoms with Gasteiger partial charge in [-0.15, -0.1) is 0 Å². The number of nitrogens with zero attached hydrogens (tertiary/aromatic N) is 2. The normalized spacial score (nSPS) is 11.8. The number of hydrogen-bond acceptors (Lipinski definition) is 11. The van der Waals surface area contributed by atoms with Crippen LogP contribution in [0.2, 0.25) is 0 Å². The van der Waals surface area contributed by atoms with Gasteiger partial charge < -0.3 is 49.5 Å². The van der Waals surface area contributed by atoms with Crippen LogP contribution in [0.25, 0.3) is 0 Å². The molecule has 0 amide bonds. The molecule has 13 N–H and O–H groups in total. The van der Waals surface area contributed by atoms with Gasteiger partial charge >= 0.3 is 0 Å². The van der Waals surface area contributed by atoms with E-state index in [0.717, 1.165) is 105 Å². The quantitative estimate of drug-likeness (QED) is 0.0584. The third kappa shape index (κ3) is 22.5. The van der Waals surface area contributed by atoms with Crippen LogP contribution < -0.4 is 49.5 Å². The molecule has 0 saturated carbocycles. The van der Waals surface area contributed by atoms with E-state index in [9.17, 15) is 0 Å². The summed E-state index contributed by atoms with van der Waals surface area (Å²) in [5.74, 6) is 0. The molecule has 0 aromatic heterocycles. The van der Waals surface area contributed by atoms with Gasteiger partial charge in [0.25, 0.3) is 0 Å². The summed E-state index contributed by atoms with van der Waals surface area (Å²) in [6.07, 6.45) is 0. The minimum atomic E-state index is 0.683. The molecule has 188 valence electrons. The Morgan fingerprint density at radius 1 is 0.323 bits per heavy atom. The van der Waals surface area contributed by atoms with Crippen LogP contribution in [0.1, 0.15) is 0 Å². The van der Waals surface area contributed by atoms with Crippen molar-refractivity contribution in [3.05, 3.63) is 0 Å². The molecular weight excluding hydrogens is 394 g/mol. The highest BCUT2D eigenvalue weighted by Crippen LogP contribution is 1.85. The summed E-state index contributed by atoms with van der Waals surface area (Å²) in [4.78, 5) is 4.71. The third-order valence-electron chi connectivity index (χ3n) is 4.91. The molecule has 0 atom stereocenters. The summed E-state index contributed by atoms with van der Waals surface area (Å²) in [6.45, 7) is 18.2. The van der Waals surface area contributed by atoms with Gasteiger partial charge in [-0.1, -0.05) is 0 Å². The van der Waals surface area contributed by atoms with Crippen LogP contribution in [0.3, 0.4) is 0 Å². The Bertz CT molecular complexity index is 330. The van der Waals surface area contributed by atoms with Crippen molar-refractivity contribution in [2.24, 2.45) is 22.9 Å². The van der Waals surface area contributed by atoms with E-state index in [2.05, 4.69) is 36.4 Å². The third-order valence-corrected chi connectivity index (χ3v) is 4.91. The molecule has 0 unspecified atom stereocenters. The lowest BCUT2D eigenvalue weighted by Crippen LogP contribution is -2.42. The molecule has 0 radical (unpaired) electrons. The van der Waals surface area contributed by atoms with Crippen LogP contribution in [0.5, 0.6) is 0 Å². The fourth-order valence-electron chi connectivity index (χ4n) is 3.19. The van der Waals surface area contributed by atoms with Gasteiger partial charge in [0.15, 0.2) is 0 Å². The first-order valence-electron chi connectivity index (χ1n) is 12.1. The van der Waals surface area contributed by atoms with Crippen molar-refractivity contribution in [2.75, 3.05) is 131 Å². The zero-order valence-electron chi connectivity index (χ0n) is 19.8. The van der Waals surface area contributed by atoms with Crippen molar-refractivity contribution in [3.8, 4) is 0 Å². The lowest BCUT2D eigenvalue weighted by molar-refractivity contribution is 0.279. The average molecular weight is 448 g/mol. The van der Waals surface area contributed by atoms with Crippen LogP contribution in [0.4, 0.5) is 0 Å². The highest BCUT2D eigenvalue weighted by molar-refractivity contribution is 4.65. The second-order valence-electron chi connectivity index (χ2n) is 7.59. The average Bonchev–Trinajstić information content (AvgIpc) is 2.76. The maximum Gasteiger partial charge on any atom is 0.0108 e. The molecule has 0 spiro atoms. The van der Waals surface area contributed by atoms with Crippen LogP contribution >= 0.6 is 0 Å². The van der Waals surface area contributed by atoms with Gasteiger partial charge in [0, 0.05) is 131 Å². The molecule has 31 heavy (non-hydrogen) atoms. The van der Waals surface area contributed by atoms with Gasteiger partial charge in [-0.2, -0.15) is 0 Å². The van der Waals surface area contributed by atoms with Gasteiger partial charge in [0.2, 0.25) is 0 Å². The minimum absolute atomic E-state index is 0.683. The van der Waals surface area contributed by atoms with Crippen molar-refractivity contribution in [1.82, 2.24) is 36.4 Å². The number of nitrogens with one attached hydrogen (secondary N) is 5. The van der Waals surface area contributed by atoms with Crippen LogP contribution in [-0.2, 0) is 0 Å². The Labute approximate surface area is 190 Å². The molecular formula is C20H53N11. The van der Waals surface area contributed by atoms with Gasteiger partial charge in [0.1, 0.15) is 0 Å². The van der Waals surface area contributed by atoms with E-state index in [1.165, 1.54) is 0 Å². The molecule has 11 nitrogen and oxygen atoms in total. The second kappa shape index (κ2) is 25.8. The number of rotatable bonds is 26. The lowest BCUT2D eigenvalue weighted by atomic mass is 10.4. The predicted octanol–water partition coefficient (Wildman–Crippen LogP) is -4.63. The maximum atomic E-state index is 5.75. The molecule has 0 aliphatic carbocycles. The van der Waals surface area contributed by atoms with E-state index in [-0.39, 0.29) is 0 Å². The molecule has 0 saturated heterocycles. The van der Waals surface area contributed by atoms with Gasteiger partial charge in [0.05, 0.1) is 0 Å². The number of hydrogen-bond donors (Lipinski definition) is 9. The predicted molar refractivity (Wildman–Crippen MR) is 133 cm³/mol. The van der Waals surface area contributed by atoms with Crippen molar-refractivity contribution < 1.29 is 0 Å². The van der Waals surface area contributed by atoms with E-state index in [0.29, 0.717) is 26.2 Å². The first-order valence-corrected chi connectivity index (χ1v) is 12.1. The standard InChI is InChI=1S/C20H53N11/c21-1-5-25-6-9-27-13-19-31(17-4-24)20-14-29-11-8-26-7-10-28-12-18-30(15-2-22)16-3-23/h25-29H,1-24H2. The van der Waals surface area contributed by atoms with E-state index in [1.807, 2.05) is 0 Å². The van der Waals surface area contributed by atoms with Crippen LogP contribution in [-0.4, -0.2) is 141 Å². The SMILES string of the molecule is NCCNCCNCCN(CCN)CCNCCNCCNCCN(CCN)CCN. The second-order valence-corrected chi connectivity index (χ2v) is 7.59. The smallest absolute Gasteiger partial charge is 0.0108 e. The first-order chi connectivity index (χ1) is 15.3. The summed E-state index contributed by atoms with van der Waals surface area (Å²) in [6, 6.07) is 0. The highest BCUT2D eigenvalue weighted by Gasteiger charge is 2.03. The molecule has 0 fully saturated rings. The van der Waals surface area contributed by atoms with Crippen molar-refractivity contribution >= 4 is 0 Å². The topological polar surface area (TPSA) is 171 Å². The zero-order valence-corrected chi connectivity index (χ0v) is 19.8. The van der Waals surface area contributed by atoms with E-state index in [1.54, 1.807) is 0 Å². The Morgan fingerprint density at radius 2 is 0.613 bits per heavy atom. The van der Waals surface area contributed by atoms with Gasteiger partial charge in [-0.3, -0.25) is 9.80 Å². The molecule has 0 aliphatic heterocycles. The fraction of sp³-hybridized carbons (Fsp3) is 1.00. The van der Waals surface area contributed by atoms with Crippen molar-refractivity contribution in [2.45, 2.75) is 0 Å². The largest absolute Gasteiger partial charge is 0.329 e. The summed E-state index contributed by atoms with van der Waals surface area (Å²) >= 11 is 0. The molecule has 11 heteroatoms. The molecule has 0 rings (SSSR count). The van der Waals surface area contributed by atoms with Crippen molar-refractivity contribution in [3.63, 3.8) is 0 Å². The highest BCUT2D eigenvalue weighted by atomic mass is 15.2. The Morgan fingerprint density at radius 3 is 0.935 bits per heavy atom. The summed E-state index contributed by atoms with van der Waals surface area (Å²) in [5.41, 5.74) is 22.4. The molecule has 0 bridgehead atoms. The Kier molecular flexibility index (Phi) is 25.5. The maximum absolute atomic E-state index is 5.75. The summed E-state index contributed by atoms with van der Waals surface area (Å²) < 4.78 is 0. The lowest BCUT2D eigenvalue weighted by Gasteiger charge is -2.22. The van der Waals surface area contributed by atoms with E-state index >= 15 is 0 Å². The van der Waals surface area contributed by atoms with E-state index < -0.39 is 0 Å². The Balaban J connectivity index is 3.48. The van der Waals surface area contributed by atoms with Crippen LogP contribution in [0, 0.1) is 0 Å². The van der Waals surface area contributed by atoms with E-state index in [4.69, 9.17) is 22.9 Å². The first kappa shape index (κ1) is 30.6. The monoisotopic (exact) mass is 447 g/mol.